The second-order valence-corrected chi connectivity index (χ2v) is 10.5. The normalized spacial score (nSPS) is 10.9. The third-order valence-electron chi connectivity index (χ3n) is 5.81. The summed E-state index contributed by atoms with van der Waals surface area (Å²) in [7, 11) is -4.13. The topological polar surface area (TPSA) is 225 Å². The minimum Gasteiger partial charge on any atom is -0.508 e. The van der Waals surface area contributed by atoms with E-state index in [1.165, 1.54) is 12.1 Å². The highest BCUT2D eigenvalue weighted by molar-refractivity contribution is 7.91. The van der Waals surface area contributed by atoms with Crippen molar-refractivity contribution in [1.82, 2.24) is 0 Å². The van der Waals surface area contributed by atoms with Crippen molar-refractivity contribution in [3.8, 4) is 17.2 Å². The van der Waals surface area contributed by atoms with E-state index < -0.39 is 61.0 Å². The summed E-state index contributed by atoms with van der Waals surface area (Å²) in [5, 5.41) is 39.1. The van der Waals surface area contributed by atoms with E-state index in [1.807, 2.05) is 0 Å². The number of esters is 2. The molecule has 0 aliphatic carbocycles. The second kappa shape index (κ2) is 11.8. The highest BCUT2D eigenvalue weighted by Crippen LogP contribution is 2.27. The number of aromatic hydroxyl groups is 1. The summed E-state index contributed by atoms with van der Waals surface area (Å²) in [4.78, 5) is 57.6. The molecule has 43 heavy (non-hydrogen) atoms. The highest BCUT2D eigenvalue weighted by Gasteiger charge is 2.24. The quantitative estimate of drug-likeness (QED) is 0.106. The van der Waals surface area contributed by atoms with Gasteiger partial charge in [-0.05, 0) is 72.8 Å². The summed E-state index contributed by atoms with van der Waals surface area (Å²) in [6.07, 6.45) is 0. The van der Waals surface area contributed by atoms with Gasteiger partial charge in [-0.2, -0.15) is 0 Å². The lowest BCUT2D eigenvalue weighted by Crippen LogP contribution is -2.14. The number of carbonyl (C=O) groups excluding carboxylic acids is 2. The number of carboxylic acids is 2. The van der Waals surface area contributed by atoms with E-state index in [0.717, 1.165) is 72.8 Å². The molecule has 0 aliphatic rings. The van der Waals surface area contributed by atoms with Gasteiger partial charge >= 0.3 is 23.9 Å². The summed E-state index contributed by atoms with van der Waals surface area (Å²) in [5.41, 5.74) is -2.49. The van der Waals surface area contributed by atoms with Gasteiger partial charge in [-0.3, -0.25) is 10.1 Å². The molecule has 0 heterocycles. The second-order valence-electron chi connectivity index (χ2n) is 8.55. The number of benzene rings is 4. The van der Waals surface area contributed by atoms with Crippen molar-refractivity contribution in [2.24, 2.45) is 0 Å². The Morgan fingerprint density at radius 3 is 1.56 bits per heavy atom. The van der Waals surface area contributed by atoms with E-state index >= 15 is 0 Å². The number of carbonyl (C=O) groups is 4. The lowest BCUT2D eigenvalue weighted by Gasteiger charge is -2.10. The van der Waals surface area contributed by atoms with Gasteiger partial charge < -0.3 is 24.8 Å². The molecule has 0 aromatic heterocycles. The molecule has 0 bridgehead atoms. The SMILES string of the molecule is O=C(O)c1cc(O)ccc1C(=O)Oc1ccc(S(=O)(=O)c2ccc(OC(=O)c3cc([N+](=O)[O-])ccc3C(=O)O)cc2)cc1. The Hall–Kier alpha value is -6.09. The number of carboxylic acid groups (broad SMARTS) is 2. The van der Waals surface area contributed by atoms with Crippen molar-refractivity contribution in [3.63, 3.8) is 0 Å². The van der Waals surface area contributed by atoms with E-state index in [4.69, 9.17) is 9.47 Å². The molecule has 3 N–H and O–H groups in total. The van der Waals surface area contributed by atoms with Crippen LogP contribution in [0.4, 0.5) is 5.69 Å². The molecule has 4 rings (SSSR count). The number of nitro groups is 1. The number of rotatable bonds is 9. The van der Waals surface area contributed by atoms with Crippen molar-refractivity contribution in [2.75, 3.05) is 0 Å². The van der Waals surface area contributed by atoms with Gasteiger partial charge in [0.05, 0.1) is 37.0 Å². The van der Waals surface area contributed by atoms with Crippen LogP contribution < -0.4 is 9.47 Å². The average Bonchev–Trinajstić information content (AvgIpc) is 2.97. The Bertz CT molecular complexity index is 1900. The number of sulfone groups is 1. The first-order valence-electron chi connectivity index (χ1n) is 11.8. The van der Waals surface area contributed by atoms with Gasteiger partial charge in [-0.1, -0.05) is 0 Å². The molecule has 0 aliphatic heterocycles. The van der Waals surface area contributed by atoms with Gasteiger partial charge in [-0.15, -0.1) is 0 Å². The minimum atomic E-state index is -4.13. The first-order chi connectivity index (χ1) is 20.3. The van der Waals surface area contributed by atoms with Crippen LogP contribution in [0.5, 0.6) is 17.2 Å². The highest BCUT2D eigenvalue weighted by atomic mass is 32.2. The summed E-state index contributed by atoms with van der Waals surface area (Å²) in [6.45, 7) is 0. The number of phenolic OH excluding ortho intramolecular Hbond substituents is 1. The molecule has 0 radical (unpaired) electrons. The van der Waals surface area contributed by atoms with Crippen LogP contribution in [0.15, 0.2) is 94.7 Å². The molecule has 0 saturated heterocycles. The average molecular weight is 608 g/mol. The van der Waals surface area contributed by atoms with E-state index in [9.17, 15) is 53.0 Å². The van der Waals surface area contributed by atoms with Gasteiger partial charge in [0.15, 0.2) is 0 Å². The van der Waals surface area contributed by atoms with E-state index in [1.54, 1.807) is 0 Å². The number of nitrogens with zero attached hydrogens (tertiary/aromatic N) is 1. The van der Waals surface area contributed by atoms with Crippen LogP contribution in [0.3, 0.4) is 0 Å². The van der Waals surface area contributed by atoms with Crippen LogP contribution in [0.25, 0.3) is 0 Å². The zero-order valence-corrected chi connectivity index (χ0v) is 22.2. The molecule has 0 spiro atoms. The molecule has 218 valence electrons. The van der Waals surface area contributed by atoms with Crippen LogP contribution >= 0.6 is 0 Å². The lowest BCUT2D eigenvalue weighted by molar-refractivity contribution is -0.384. The zero-order valence-electron chi connectivity index (χ0n) is 21.4. The maximum atomic E-state index is 13.1. The van der Waals surface area contributed by atoms with Gasteiger partial charge in [0.25, 0.3) is 5.69 Å². The molecule has 15 heteroatoms. The minimum absolute atomic E-state index is 0.0995. The largest absolute Gasteiger partial charge is 0.508 e. The lowest BCUT2D eigenvalue weighted by atomic mass is 10.1. The number of non-ortho nitro benzene ring substituents is 1. The van der Waals surface area contributed by atoms with Crippen LogP contribution in [-0.2, 0) is 9.84 Å². The van der Waals surface area contributed by atoms with Gasteiger partial charge in [0, 0.05) is 12.1 Å². The molecular weight excluding hydrogens is 590 g/mol. The van der Waals surface area contributed by atoms with E-state index in [2.05, 4.69) is 0 Å². The fourth-order valence-electron chi connectivity index (χ4n) is 3.72. The zero-order chi connectivity index (χ0) is 31.5. The fraction of sp³-hybridized carbons (Fsp3) is 0. The molecule has 4 aromatic carbocycles. The molecule has 0 atom stereocenters. The monoisotopic (exact) mass is 607 g/mol. The van der Waals surface area contributed by atoms with Gasteiger partial charge in [0.1, 0.15) is 17.2 Å². The Morgan fingerprint density at radius 1 is 0.628 bits per heavy atom. The Balaban J connectivity index is 1.50. The molecule has 14 nitrogen and oxygen atoms in total. The van der Waals surface area contributed by atoms with E-state index in [0.29, 0.717) is 0 Å². The van der Waals surface area contributed by atoms with E-state index in [-0.39, 0.29) is 32.6 Å². The predicted octanol–water partition coefficient (Wildman–Crippen LogP) is 3.97. The van der Waals surface area contributed by atoms with Gasteiger partial charge in [-0.25, -0.2) is 27.6 Å². The summed E-state index contributed by atoms with van der Waals surface area (Å²) in [5.74, 6) is -5.91. The molecule has 0 amide bonds. The number of ether oxygens (including phenoxy) is 2. The molecule has 0 fully saturated rings. The number of aromatic carboxylic acids is 2. The molecule has 0 saturated carbocycles. The summed E-state index contributed by atoms with van der Waals surface area (Å²) >= 11 is 0. The Morgan fingerprint density at radius 2 is 1.09 bits per heavy atom. The maximum Gasteiger partial charge on any atom is 0.344 e. The van der Waals surface area contributed by atoms with Crippen LogP contribution in [0.1, 0.15) is 41.4 Å². The third-order valence-corrected chi connectivity index (χ3v) is 7.59. The maximum absolute atomic E-state index is 13.1. The van der Waals surface area contributed by atoms with Crippen molar-refractivity contribution in [3.05, 3.63) is 117 Å². The van der Waals surface area contributed by atoms with Gasteiger partial charge in [0.2, 0.25) is 9.84 Å². The molecular formula is C28H17NO13S. The number of nitro benzene ring substituents is 1. The molecule has 0 unspecified atom stereocenters. The van der Waals surface area contributed by atoms with Crippen molar-refractivity contribution in [2.45, 2.75) is 9.79 Å². The molecule has 4 aromatic rings. The number of hydrogen-bond donors (Lipinski definition) is 3. The number of hydrogen-bond acceptors (Lipinski definition) is 11. The Kier molecular flexibility index (Phi) is 8.20. The van der Waals surface area contributed by atoms with Crippen molar-refractivity contribution in [1.29, 1.82) is 0 Å². The first-order valence-corrected chi connectivity index (χ1v) is 13.2. The van der Waals surface area contributed by atoms with Crippen molar-refractivity contribution >= 4 is 39.4 Å². The van der Waals surface area contributed by atoms with Crippen LogP contribution in [0, 0.1) is 10.1 Å². The van der Waals surface area contributed by atoms with Crippen LogP contribution in [-0.4, -0.2) is 52.5 Å². The summed E-state index contributed by atoms with van der Waals surface area (Å²) < 4.78 is 36.4. The van der Waals surface area contributed by atoms with Crippen molar-refractivity contribution < 1.29 is 57.3 Å². The Labute approximate surface area is 241 Å². The first kappa shape index (κ1) is 29.9. The third kappa shape index (κ3) is 6.47. The standard InChI is InChI=1S/C28H17NO13S/c30-16-2-12-22(23(14-16)26(33)34)27(35)41-17-3-7-19(8-4-17)43(39,40)20-9-5-18(6-10-20)42-28(36)24-13-15(29(37)38)1-11-21(24)25(31)32/h1-14,30H,(H,31,32)(H,33,34). The van der Waals surface area contributed by atoms with Crippen LogP contribution in [0.2, 0.25) is 0 Å². The fourth-order valence-corrected chi connectivity index (χ4v) is 4.98. The number of phenols is 1. The predicted molar refractivity (Wildman–Crippen MR) is 143 cm³/mol. The summed E-state index contributed by atoms with van der Waals surface area (Å²) in [6, 6.07) is 14.7. The smallest absolute Gasteiger partial charge is 0.344 e.